The zero-order valence-corrected chi connectivity index (χ0v) is 19.9. The molecule has 3 aliphatic heterocycles. The third kappa shape index (κ3) is 4.23. The van der Waals surface area contributed by atoms with E-state index < -0.39 is 14.1 Å². The summed E-state index contributed by atoms with van der Waals surface area (Å²) in [5.74, 6) is -0.179. The van der Waals surface area contributed by atoms with Crippen molar-refractivity contribution >= 4 is 14.2 Å². The van der Waals surface area contributed by atoms with E-state index in [4.69, 9.17) is 13.9 Å². The van der Waals surface area contributed by atoms with Crippen molar-refractivity contribution < 1.29 is 18.7 Å². The Labute approximate surface area is 177 Å². The van der Waals surface area contributed by atoms with Gasteiger partial charge in [0.1, 0.15) is 6.10 Å². The minimum atomic E-state index is -1.87. The van der Waals surface area contributed by atoms with Gasteiger partial charge in [-0.1, -0.05) is 39.3 Å². The summed E-state index contributed by atoms with van der Waals surface area (Å²) >= 11 is 0. The Bertz CT molecular complexity index is 650. The summed E-state index contributed by atoms with van der Waals surface area (Å²) in [6.07, 6.45) is 12.2. The van der Waals surface area contributed by atoms with Crippen molar-refractivity contribution in [2.24, 2.45) is 0 Å². The van der Waals surface area contributed by atoms with E-state index in [0.29, 0.717) is 13.0 Å². The summed E-state index contributed by atoms with van der Waals surface area (Å²) < 4.78 is 19.7. The van der Waals surface area contributed by atoms with Gasteiger partial charge in [0.15, 0.2) is 14.1 Å². The van der Waals surface area contributed by atoms with Crippen LogP contribution < -0.4 is 0 Å². The van der Waals surface area contributed by atoms with Gasteiger partial charge in [-0.3, -0.25) is 4.79 Å². The van der Waals surface area contributed by atoms with Gasteiger partial charge in [-0.05, 0) is 43.8 Å². The van der Waals surface area contributed by atoms with Crippen LogP contribution in [-0.4, -0.2) is 55.8 Å². The monoisotopic (exact) mass is 421 g/mol. The smallest absolute Gasteiger partial charge is 0.227 e. The number of rotatable bonds is 3. The molecular formula is C23H39NO4Si. The SMILES string of the molecule is CC(C)(C)[Si](C)(C)O[C@@H]1C[C@@H]2C=CCC(=O)N2[C@H]([C@H]2COC3(CCCCC3)O2)C1. The first-order valence-electron chi connectivity index (χ1n) is 11.6. The molecule has 164 valence electrons. The Kier molecular flexibility index (Phi) is 5.77. The summed E-state index contributed by atoms with van der Waals surface area (Å²) in [5, 5.41) is 0.178. The Balaban J connectivity index is 1.54. The van der Waals surface area contributed by atoms with E-state index >= 15 is 0 Å². The minimum absolute atomic E-state index is 0.0438. The number of ether oxygens (including phenoxy) is 2. The summed E-state index contributed by atoms with van der Waals surface area (Å²) in [5.41, 5.74) is 0. The highest BCUT2D eigenvalue weighted by molar-refractivity contribution is 6.74. The predicted octanol–water partition coefficient (Wildman–Crippen LogP) is 4.77. The van der Waals surface area contributed by atoms with Gasteiger partial charge in [-0.2, -0.15) is 0 Å². The van der Waals surface area contributed by atoms with Crippen molar-refractivity contribution in [1.82, 2.24) is 4.90 Å². The third-order valence-corrected chi connectivity index (χ3v) is 12.4. The molecule has 0 radical (unpaired) electrons. The van der Waals surface area contributed by atoms with Gasteiger partial charge in [0.25, 0.3) is 0 Å². The van der Waals surface area contributed by atoms with Crippen molar-refractivity contribution in [2.75, 3.05) is 6.61 Å². The van der Waals surface area contributed by atoms with Crippen molar-refractivity contribution in [3.63, 3.8) is 0 Å². The maximum atomic E-state index is 12.9. The first-order chi connectivity index (χ1) is 13.6. The van der Waals surface area contributed by atoms with Gasteiger partial charge in [0.2, 0.25) is 5.91 Å². The van der Waals surface area contributed by atoms with Crippen LogP contribution in [-0.2, 0) is 18.7 Å². The van der Waals surface area contributed by atoms with Crippen LogP contribution in [0.3, 0.4) is 0 Å². The van der Waals surface area contributed by atoms with Crippen molar-refractivity contribution in [3.05, 3.63) is 12.2 Å². The Morgan fingerprint density at radius 3 is 2.59 bits per heavy atom. The molecule has 5 nitrogen and oxygen atoms in total. The van der Waals surface area contributed by atoms with E-state index in [1.54, 1.807) is 0 Å². The average Bonchev–Trinajstić information content (AvgIpc) is 3.04. The molecule has 0 unspecified atom stereocenters. The number of nitrogens with zero attached hydrogens (tertiary/aromatic N) is 1. The molecule has 6 heteroatoms. The van der Waals surface area contributed by atoms with Crippen LogP contribution in [0.4, 0.5) is 0 Å². The second kappa shape index (κ2) is 7.77. The van der Waals surface area contributed by atoms with Crippen LogP contribution in [0.25, 0.3) is 0 Å². The lowest BCUT2D eigenvalue weighted by Gasteiger charge is -2.50. The molecule has 0 N–H and O–H groups in total. The first-order valence-corrected chi connectivity index (χ1v) is 14.5. The molecular weight excluding hydrogens is 382 g/mol. The number of amides is 1. The van der Waals surface area contributed by atoms with Gasteiger partial charge in [-0.15, -0.1) is 0 Å². The molecule has 0 bridgehead atoms. The van der Waals surface area contributed by atoms with Crippen LogP contribution in [0.5, 0.6) is 0 Å². The van der Waals surface area contributed by atoms with Crippen LogP contribution in [0, 0.1) is 0 Å². The molecule has 0 aromatic heterocycles. The lowest BCUT2D eigenvalue weighted by atomic mass is 9.87. The number of carbonyl (C=O) groups excluding carboxylic acids is 1. The largest absolute Gasteiger partial charge is 0.414 e. The fourth-order valence-corrected chi connectivity index (χ4v) is 6.60. The standard InChI is InChI=1S/C23H39NO4Si/c1-22(2,3)29(4,5)28-18-14-17-10-9-11-21(25)24(17)19(15-18)20-16-26-23(27-20)12-7-6-8-13-23/h9-10,17-20H,6-8,11-16H2,1-5H3/t17-,18+,19-,20+/m0/s1. The highest BCUT2D eigenvalue weighted by Gasteiger charge is 2.51. The lowest BCUT2D eigenvalue weighted by Crippen LogP contribution is -2.60. The van der Waals surface area contributed by atoms with Crippen LogP contribution in [0.15, 0.2) is 12.2 Å². The van der Waals surface area contributed by atoms with E-state index in [-0.39, 0.29) is 35.2 Å². The van der Waals surface area contributed by atoms with Crippen molar-refractivity contribution in [1.29, 1.82) is 0 Å². The minimum Gasteiger partial charge on any atom is -0.414 e. The normalized spacial score (nSPS) is 35.2. The average molecular weight is 422 g/mol. The van der Waals surface area contributed by atoms with E-state index in [2.05, 4.69) is 44.8 Å². The highest BCUT2D eigenvalue weighted by Crippen LogP contribution is 2.44. The summed E-state index contributed by atoms with van der Waals surface area (Å²) in [6, 6.07) is 0.165. The van der Waals surface area contributed by atoms with Crippen LogP contribution in [0.1, 0.15) is 72.1 Å². The number of carbonyl (C=O) groups is 1. The highest BCUT2D eigenvalue weighted by atomic mass is 28.4. The van der Waals surface area contributed by atoms with E-state index in [1.807, 2.05) is 6.08 Å². The maximum Gasteiger partial charge on any atom is 0.227 e. The molecule has 2 saturated heterocycles. The Morgan fingerprint density at radius 2 is 1.90 bits per heavy atom. The van der Waals surface area contributed by atoms with Crippen molar-refractivity contribution in [3.8, 4) is 0 Å². The second-order valence-corrected chi connectivity index (χ2v) is 15.7. The molecule has 1 aliphatic carbocycles. The first kappa shape index (κ1) is 21.5. The topological polar surface area (TPSA) is 48.0 Å². The zero-order valence-electron chi connectivity index (χ0n) is 18.9. The molecule has 1 spiro atoms. The molecule has 3 heterocycles. The molecule has 1 saturated carbocycles. The molecule has 0 aromatic carbocycles. The van der Waals surface area contributed by atoms with Gasteiger partial charge in [-0.25, -0.2) is 0 Å². The number of hydrogen-bond donors (Lipinski definition) is 0. The predicted molar refractivity (Wildman–Crippen MR) is 116 cm³/mol. The number of piperidine rings is 1. The van der Waals surface area contributed by atoms with E-state index in [9.17, 15) is 4.79 Å². The van der Waals surface area contributed by atoms with E-state index in [0.717, 1.165) is 25.7 Å². The third-order valence-electron chi connectivity index (χ3n) is 7.85. The number of hydrogen-bond acceptors (Lipinski definition) is 4. The quantitative estimate of drug-likeness (QED) is 0.486. The molecule has 4 aliphatic rings. The fourth-order valence-electron chi connectivity index (χ4n) is 5.22. The van der Waals surface area contributed by atoms with Gasteiger partial charge >= 0.3 is 0 Å². The fraction of sp³-hybridized carbons (Fsp3) is 0.870. The summed E-state index contributed by atoms with van der Waals surface area (Å²) in [4.78, 5) is 15.0. The second-order valence-electron chi connectivity index (χ2n) is 11.0. The van der Waals surface area contributed by atoms with Crippen LogP contribution >= 0.6 is 0 Å². The van der Waals surface area contributed by atoms with E-state index in [1.165, 1.54) is 19.3 Å². The molecule has 3 fully saturated rings. The summed E-state index contributed by atoms with van der Waals surface area (Å²) in [6.45, 7) is 12.1. The Hall–Kier alpha value is -0.693. The summed E-state index contributed by atoms with van der Waals surface area (Å²) in [7, 11) is -1.87. The Morgan fingerprint density at radius 1 is 1.17 bits per heavy atom. The molecule has 4 rings (SSSR count). The zero-order chi connectivity index (χ0) is 20.9. The molecule has 29 heavy (non-hydrogen) atoms. The molecule has 1 amide bonds. The van der Waals surface area contributed by atoms with Crippen LogP contribution in [0.2, 0.25) is 18.1 Å². The van der Waals surface area contributed by atoms with Gasteiger partial charge in [0, 0.05) is 25.4 Å². The molecule has 4 atom stereocenters. The number of fused-ring (bicyclic) bond motifs is 1. The van der Waals surface area contributed by atoms with Gasteiger partial charge < -0.3 is 18.8 Å². The van der Waals surface area contributed by atoms with Gasteiger partial charge in [0.05, 0.1) is 18.7 Å². The van der Waals surface area contributed by atoms with Crippen molar-refractivity contribution in [2.45, 2.75) is 120 Å². The lowest BCUT2D eigenvalue weighted by molar-refractivity contribution is -0.197. The molecule has 0 aromatic rings. The maximum absolute atomic E-state index is 12.9.